The van der Waals surface area contributed by atoms with Gasteiger partial charge >= 0.3 is 0 Å². The zero-order valence-electron chi connectivity index (χ0n) is 11.9. The van der Waals surface area contributed by atoms with Crippen LogP contribution in [0.4, 0.5) is 10.1 Å². The van der Waals surface area contributed by atoms with Gasteiger partial charge in [0.1, 0.15) is 5.82 Å². The lowest BCUT2D eigenvalue weighted by molar-refractivity contribution is 0.101. The Balaban J connectivity index is 2.26. The average Bonchev–Trinajstić information content (AvgIpc) is 2.89. The van der Waals surface area contributed by atoms with Crippen molar-refractivity contribution in [1.82, 2.24) is 0 Å². The van der Waals surface area contributed by atoms with Gasteiger partial charge in [0, 0.05) is 24.4 Å². The first kappa shape index (κ1) is 14.7. The maximum Gasteiger partial charge on any atom is 0.164 e. The van der Waals surface area contributed by atoms with Gasteiger partial charge in [0.2, 0.25) is 0 Å². The number of hydrogen-bond donors (Lipinski definition) is 0. The third kappa shape index (κ3) is 3.07. The second-order valence-corrected chi connectivity index (χ2v) is 5.97. The lowest BCUT2D eigenvalue weighted by Gasteiger charge is -2.28. The van der Waals surface area contributed by atoms with Crippen molar-refractivity contribution < 1.29 is 9.18 Å². The van der Waals surface area contributed by atoms with E-state index in [0.717, 1.165) is 6.42 Å². The van der Waals surface area contributed by atoms with Crippen LogP contribution in [0.1, 0.15) is 29.1 Å². The number of nitrogens with zero attached hydrogens (tertiary/aromatic N) is 1. The summed E-state index contributed by atoms with van der Waals surface area (Å²) in [6, 6.07) is 9.07. The molecule has 0 saturated carbocycles. The van der Waals surface area contributed by atoms with E-state index in [1.165, 1.54) is 17.9 Å². The van der Waals surface area contributed by atoms with Crippen LogP contribution in [0.2, 0.25) is 0 Å². The summed E-state index contributed by atoms with van der Waals surface area (Å²) in [5.74, 6) is -0.696. The first-order chi connectivity index (χ1) is 9.50. The highest BCUT2D eigenvalue weighted by Crippen LogP contribution is 2.26. The molecule has 1 atom stereocenters. The summed E-state index contributed by atoms with van der Waals surface area (Å²) in [5, 5.41) is 2.05. The van der Waals surface area contributed by atoms with Gasteiger partial charge < -0.3 is 4.90 Å². The zero-order valence-corrected chi connectivity index (χ0v) is 12.7. The van der Waals surface area contributed by atoms with E-state index in [1.807, 2.05) is 23.4 Å². The van der Waals surface area contributed by atoms with Crippen LogP contribution in [-0.2, 0) is 6.42 Å². The van der Waals surface area contributed by atoms with E-state index >= 15 is 0 Å². The summed E-state index contributed by atoms with van der Waals surface area (Å²) >= 11 is 1.71. The summed E-state index contributed by atoms with van der Waals surface area (Å²) in [5.41, 5.74) is 0.828. The van der Waals surface area contributed by atoms with E-state index in [-0.39, 0.29) is 17.4 Å². The van der Waals surface area contributed by atoms with Crippen molar-refractivity contribution in [1.29, 1.82) is 0 Å². The van der Waals surface area contributed by atoms with Gasteiger partial charge in [-0.2, -0.15) is 0 Å². The highest BCUT2D eigenvalue weighted by atomic mass is 32.1. The minimum atomic E-state index is -0.454. The number of likely N-dealkylation sites (N-methyl/N-ethyl adjacent to an activating group) is 1. The zero-order chi connectivity index (χ0) is 14.7. The number of anilines is 1. The summed E-state index contributed by atoms with van der Waals surface area (Å²) in [6.07, 6.45) is 0.877. The predicted molar refractivity (Wildman–Crippen MR) is 82.3 cm³/mol. The molecule has 0 radical (unpaired) electrons. The largest absolute Gasteiger partial charge is 0.371 e. The van der Waals surface area contributed by atoms with Gasteiger partial charge in [0.05, 0.1) is 11.3 Å². The van der Waals surface area contributed by atoms with Crippen LogP contribution in [0.25, 0.3) is 0 Å². The topological polar surface area (TPSA) is 20.3 Å². The van der Waals surface area contributed by atoms with E-state index in [9.17, 15) is 9.18 Å². The first-order valence-electron chi connectivity index (χ1n) is 6.55. The molecule has 0 fully saturated rings. The summed E-state index contributed by atoms with van der Waals surface area (Å²) in [7, 11) is 1.90. The first-order valence-corrected chi connectivity index (χ1v) is 7.43. The van der Waals surface area contributed by atoms with Crippen molar-refractivity contribution >= 4 is 22.8 Å². The number of thiophene rings is 1. The summed E-state index contributed by atoms with van der Waals surface area (Å²) < 4.78 is 13.9. The third-order valence-corrected chi connectivity index (χ3v) is 4.36. The Labute approximate surface area is 122 Å². The predicted octanol–water partition coefficient (Wildman–Crippen LogP) is 4.16. The smallest absolute Gasteiger partial charge is 0.164 e. The van der Waals surface area contributed by atoms with E-state index in [4.69, 9.17) is 0 Å². The fraction of sp³-hybridized carbons (Fsp3) is 0.312. The highest BCUT2D eigenvalue weighted by molar-refractivity contribution is 7.09. The standard InChI is InChI=1S/C16H18FNOS/c1-11(10-13-6-5-9-20-13)18(3)15-8-4-7-14(17)16(15)12(2)19/h4-9,11H,10H2,1-3H3. The number of halogens is 1. The second-order valence-electron chi connectivity index (χ2n) is 4.93. The fourth-order valence-corrected chi connectivity index (χ4v) is 3.08. The van der Waals surface area contributed by atoms with Gasteiger partial charge in [-0.25, -0.2) is 4.39 Å². The molecule has 0 aliphatic heterocycles. The maximum absolute atomic E-state index is 13.9. The van der Waals surface area contributed by atoms with E-state index in [2.05, 4.69) is 13.0 Å². The molecule has 1 aromatic heterocycles. The normalized spacial score (nSPS) is 12.2. The van der Waals surface area contributed by atoms with E-state index in [0.29, 0.717) is 5.69 Å². The summed E-state index contributed by atoms with van der Waals surface area (Å²) in [4.78, 5) is 14.9. The Bertz CT molecular complexity index is 595. The van der Waals surface area contributed by atoms with Crippen LogP contribution in [0.5, 0.6) is 0 Å². The Kier molecular flexibility index (Phi) is 4.55. The van der Waals surface area contributed by atoms with E-state index in [1.54, 1.807) is 23.5 Å². The number of carbonyl (C=O) groups is 1. The van der Waals surface area contributed by atoms with Crippen molar-refractivity contribution in [2.24, 2.45) is 0 Å². The Morgan fingerprint density at radius 2 is 2.10 bits per heavy atom. The van der Waals surface area contributed by atoms with E-state index < -0.39 is 5.82 Å². The molecule has 20 heavy (non-hydrogen) atoms. The number of ketones is 1. The quantitative estimate of drug-likeness (QED) is 0.771. The molecule has 0 N–H and O–H groups in total. The van der Waals surface area contributed by atoms with Crippen molar-refractivity contribution in [3.63, 3.8) is 0 Å². The van der Waals surface area contributed by atoms with Crippen LogP contribution in [0.3, 0.4) is 0 Å². The lowest BCUT2D eigenvalue weighted by Crippen LogP contribution is -2.31. The molecular formula is C16H18FNOS. The maximum atomic E-state index is 13.9. The van der Waals surface area contributed by atoms with Crippen LogP contribution in [0, 0.1) is 5.82 Å². The molecule has 2 rings (SSSR count). The second kappa shape index (κ2) is 6.18. The number of hydrogen-bond acceptors (Lipinski definition) is 3. The van der Waals surface area contributed by atoms with Gasteiger partial charge in [0.25, 0.3) is 0 Å². The summed E-state index contributed by atoms with van der Waals surface area (Å²) in [6.45, 7) is 3.48. The van der Waals surface area contributed by atoms with Crippen molar-refractivity contribution in [3.05, 3.63) is 52.0 Å². The van der Waals surface area contributed by atoms with Crippen LogP contribution < -0.4 is 4.90 Å². The number of Topliss-reactive ketones (excluding diaryl/α,β-unsaturated/α-hetero) is 1. The van der Waals surface area contributed by atoms with Gasteiger partial charge in [-0.3, -0.25) is 4.79 Å². The highest BCUT2D eigenvalue weighted by Gasteiger charge is 2.19. The molecule has 0 aliphatic carbocycles. The molecule has 4 heteroatoms. The van der Waals surface area contributed by atoms with Crippen molar-refractivity contribution in [3.8, 4) is 0 Å². The lowest BCUT2D eigenvalue weighted by atomic mass is 10.1. The molecule has 1 heterocycles. The average molecular weight is 291 g/mol. The fourth-order valence-electron chi connectivity index (χ4n) is 2.25. The van der Waals surface area contributed by atoms with Crippen LogP contribution in [0.15, 0.2) is 35.7 Å². The molecule has 0 aliphatic rings. The molecule has 106 valence electrons. The van der Waals surface area contributed by atoms with Gasteiger partial charge in [0.15, 0.2) is 5.78 Å². The van der Waals surface area contributed by atoms with Gasteiger partial charge in [-0.05, 0) is 37.4 Å². The minimum Gasteiger partial charge on any atom is -0.371 e. The number of benzene rings is 1. The number of rotatable bonds is 5. The Morgan fingerprint density at radius 1 is 1.35 bits per heavy atom. The van der Waals surface area contributed by atoms with Crippen molar-refractivity contribution in [2.45, 2.75) is 26.3 Å². The molecule has 0 amide bonds. The van der Waals surface area contributed by atoms with Crippen LogP contribution >= 0.6 is 11.3 Å². The van der Waals surface area contributed by atoms with Gasteiger partial charge in [-0.15, -0.1) is 11.3 Å². The molecule has 1 unspecified atom stereocenters. The molecule has 1 aromatic carbocycles. The number of carbonyl (C=O) groups excluding carboxylic acids is 1. The Morgan fingerprint density at radius 3 is 2.70 bits per heavy atom. The SMILES string of the molecule is CC(=O)c1c(F)cccc1N(C)C(C)Cc1cccs1. The minimum absolute atomic E-state index is 0.174. The molecule has 0 saturated heterocycles. The molecular weight excluding hydrogens is 273 g/mol. The monoisotopic (exact) mass is 291 g/mol. The molecule has 0 spiro atoms. The van der Waals surface area contributed by atoms with Gasteiger partial charge in [-0.1, -0.05) is 12.1 Å². The third-order valence-electron chi connectivity index (χ3n) is 3.46. The van der Waals surface area contributed by atoms with Crippen LogP contribution in [-0.4, -0.2) is 18.9 Å². The molecule has 0 bridgehead atoms. The Hall–Kier alpha value is -1.68. The molecule has 2 nitrogen and oxygen atoms in total. The van der Waals surface area contributed by atoms with Crippen molar-refractivity contribution in [2.75, 3.05) is 11.9 Å². The molecule has 2 aromatic rings.